The third kappa shape index (κ3) is 6.99. The molecule has 3 aliphatic rings. The van der Waals surface area contributed by atoms with Gasteiger partial charge in [0.25, 0.3) is 0 Å². The number of anilines is 3. The highest BCUT2D eigenvalue weighted by molar-refractivity contribution is 6.00. The zero-order chi connectivity index (χ0) is 52.3. The van der Waals surface area contributed by atoms with Crippen molar-refractivity contribution in [2.24, 2.45) is 0 Å². The second-order valence-electron chi connectivity index (χ2n) is 23.6. The minimum absolute atomic E-state index is 0.0123. The molecule has 3 aliphatic carbocycles. The summed E-state index contributed by atoms with van der Waals surface area (Å²) in [5.74, 6) is 0. The molecule has 0 atom stereocenters. The van der Waals surface area contributed by atoms with Crippen molar-refractivity contribution in [2.45, 2.75) is 63.2 Å². The standard InChI is InChI=1S/C76H61N/c1-73(2,3)55-37-44-62-63-45-38-56(74(4,5)6)48-70(63)76(69(62)47-55)67-31-19-17-28-65(67)72-60(29-20-32-68(72)76)52-35-41-58(42-36-52)77(57-39-33-51(34-40-57)50-21-10-7-11-22-50)59-43-46-64-61-27-16-18-30-66(61)75(71(64)49-59,53-23-12-8-13-24-53)54-25-14-9-15-26-54/h7-49H,1-6H3. The van der Waals surface area contributed by atoms with Crippen molar-refractivity contribution in [3.63, 3.8) is 0 Å². The number of benzene rings is 11. The molecular formula is C76H61N. The summed E-state index contributed by atoms with van der Waals surface area (Å²) in [4.78, 5) is 2.45. The first kappa shape index (κ1) is 46.7. The van der Waals surface area contributed by atoms with Gasteiger partial charge in [0.15, 0.2) is 0 Å². The van der Waals surface area contributed by atoms with Gasteiger partial charge in [-0.2, -0.15) is 0 Å². The highest BCUT2D eigenvalue weighted by atomic mass is 15.1. The second kappa shape index (κ2) is 17.4. The quantitative estimate of drug-likeness (QED) is 0.154. The van der Waals surface area contributed by atoms with Gasteiger partial charge in [-0.25, -0.2) is 0 Å². The van der Waals surface area contributed by atoms with Crippen LogP contribution in [0.2, 0.25) is 0 Å². The molecule has 1 heteroatoms. The van der Waals surface area contributed by atoms with Crippen LogP contribution in [0.3, 0.4) is 0 Å². The fourth-order valence-corrected chi connectivity index (χ4v) is 13.6. The van der Waals surface area contributed by atoms with E-state index in [9.17, 15) is 0 Å². The molecular weight excluding hydrogens is 927 g/mol. The van der Waals surface area contributed by atoms with Crippen LogP contribution in [0.5, 0.6) is 0 Å². The van der Waals surface area contributed by atoms with Gasteiger partial charge in [0.2, 0.25) is 0 Å². The maximum atomic E-state index is 2.54. The lowest BCUT2D eigenvalue weighted by molar-refractivity contribution is 0.586. The Morgan fingerprint density at radius 2 is 0.649 bits per heavy atom. The molecule has 1 spiro atoms. The minimum Gasteiger partial charge on any atom is -0.310 e. The lowest BCUT2D eigenvalue weighted by atomic mass is 9.67. The maximum absolute atomic E-state index is 2.54. The van der Waals surface area contributed by atoms with Crippen LogP contribution in [-0.2, 0) is 21.7 Å². The predicted molar refractivity (Wildman–Crippen MR) is 323 cm³/mol. The number of hydrogen-bond acceptors (Lipinski definition) is 1. The summed E-state index contributed by atoms with van der Waals surface area (Å²) in [5.41, 5.74) is 28.2. The van der Waals surface area contributed by atoms with Crippen molar-refractivity contribution in [1.82, 2.24) is 0 Å². The Balaban J connectivity index is 0.954. The summed E-state index contributed by atoms with van der Waals surface area (Å²) in [6.07, 6.45) is 0. The van der Waals surface area contributed by atoms with Gasteiger partial charge in [0, 0.05) is 17.1 Å². The first-order valence-electron chi connectivity index (χ1n) is 27.4. The van der Waals surface area contributed by atoms with E-state index >= 15 is 0 Å². The van der Waals surface area contributed by atoms with Crippen LogP contribution in [-0.4, -0.2) is 0 Å². The highest BCUT2D eigenvalue weighted by Crippen LogP contribution is 2.65. The van der Waals surface area contributed by atoms with Gasteiger partial charge in [-0.3, -0.25) is 0 Å². The Morgan fingerprint density at radius 1 is 0.260 bits per heavy atom. The molecule has 14 rings (SSSR count). The topological polar surface area (TPSA) is 3.24 Å². The van der Waals surface area contributed by atoms with E-state index in [2.05, 4.69) is 307 Å². The van der Waals surface area contributed by atoms with Crippen LogP contribution in [0.15, 0.2) is 261 Å². The van der Waals surface area contributed by atoms with E-state index in [1.54, 1.807) is 0 Å². The SMILES string of the molecule is CC(C)(C)c1ccc2c(c1)C1(c3cc(C(C)(C)C)ccc3-2)c2ccccc2-c2c(-c3ccc(N(c4ccc(-c5ccccc5)cc4)c4ccc5c(c4)C(c4ccccc4)(c4ccccc4)c4ccccc4-5)cc3)cccc21. The highest BCUT2D eigenvalue weighted by Gasteiger charge is 2.53. The van der Waals surface area contributed by atoms with E-state index in [1.807, 2.05) is 0 Å². The van der Waals surface area contributed by atoms with Crippen molar-refractivity contribution < 1.29 is 0 Å². The Hall–Kier alpha value is -8.78. The van der Waals surface area contributed by atoms with Gasteiger partial charge in [-0.05, 0) is 158 Å². The van der Waals surface area contributed by atoms with Crippen LogP contribution in [0.4, 0.5) is 17.1 Å². The molecule has 0 radical (unpaired) electrons. The molecule has 77 heavy (non-hydrogen) atoms. The van der Waals surface area contributed by atoms with Gasteiger partial charge < -0.3 is 4.90 Å². The Bertz CT molecular complexity index is 3970. The van der Waals surface area contributed by atoms with Crippen molar-refractivity contribution in [2.75, 3.05) is 4.90 Å². The van der Waals surface area contributed by atoms with Crippen molar-refractivity contribution >= 4 is 17.1 Å². The lowest BCUT2D eigenvalue weighted by Crippen LogP contribution is -2.28. The Kier molecular flexibility index (Phi) is 10.5. The molecule has 370 valence electrons. The summed E-state index contributed by atoms with van der Waals surface area (Å²) in [7, 11) is 0. The molecule has 0 heterocycles. The first-order chi connectivity index (χ1) is 37.5. The summed E-state index contributed by atoms with van der Waals surface area (Å²) in [5, 5.41) is 0. The van der Waals surface area contributed by atoms with Crippen LogP contribution in [0, 0.1) is 0 Å². The number of nitrogens with zero attached hydrogens (tertiary/aromatic N) is 1. The fourth-order valence-electron chi connectivity index (χ4n) is 13.6. The molecule has 0 bridgehead atoms. The number of hydrogen-bond donors (Lipinski definition) is 0. The predicted octanol–water partition coefficient (Wildman–Crippen LogP) is 19.8. The summed E-state index contributed by atoms with van der Waals surface area (Å²) in [6, 6.07) is 98.6. The Labute approximate surface area is 454 Å². The van der Waals surface area contributed by atoms with Gasteiger partial charge in [0.1, 0.15) is 0 Å². The molecule has 0 aromatic heterocycles. The normalized spacial score (nSPS) is 14.1. The zero-order valence-electron chi connectivity index (χ0n) is 44.8. The van der Waals surface area contributed by atoms with E-state index in [-0.39, 0.29) is 10.8 Å². The van der Waals surface area contributed by atoms with E-state index in [1.165, 1.54) is 111 Å². The molecule has 1 nitrogen and oxygen atoms in total. The van der Waals surface area contributed by atoms with Crippen molar-refractivity contribution in [3.05, 3.63) is 316 Å². The largest absolute Gasteiger partial charge is 0.310 e. The molecule has 0 N–H and O–H groups in total. The summed E-state index contributed by atoms with van der Waals surface area (Å²) < 4.78 is 0. The molecule has 0 amide bonds. The fraction of sp³-hybridized carbons (Fsp3) is 0.132. The molecule has 0 fully saturated rings. The summed E-state index contributed by atoms with van der Waals surface area (Å²) >= 11 is 0. The average molecular weight is 988 g/mol. The average Bonchev–Trinajstić information content (AvgIpc) is 4.05. The molecule has 0 aliphatic heterocycles. The van der Waals surface area contributed by atoms with Gasteiger partial charge in [-0.15, -0.1) is 0 Å². The van der Waals surface area contributed by atoms with Crippen LogP contribution in [0.25, 0.3) is 55.6 Å². The monoisotopic (exact) mass is 987 g/mol. The van der Waals surface area contributed by atoms with E-state index in [0.717, 1.165) is 17.1 Å². The molecule has 0 saturated heterocycles. The molecule has 0 unspecified atom stereocenters. The third-order valence-electron chi connectivity index (χ3n) is 17.3. The molecule has 0 saturated carbocycles. The van der Waals surface area contributed by atoms with Crippen molar-refractivity contribution in [1.29, 1.82) is 0 Å². The van der Waals surface area contributed by atoms with E-state index in [0.29, 0.717) is 0 Å². The number of rotatable bonds is 7. The minimum atomic E-state index is -0.526. The van der Waals surface area contributed by atoms with Crippen LogP contribution in [0.1, 0.15) is 97.2 Å². The summed E-state index contributed by atoms with van der Waals surface area (Å²) in [6.45, 7) is 14.0. The lowest BCUT2D eigenvalue weighted by Gasteiger charge is -2.35. The van der Waals surface area contributed by atoms with Crippen LogP contribution >= 0.6 is 0 Å². The molecule has 11 aromatic rings. The zero-order valence-corrected chi connectivity index (χ0v) is 44.8. The maximum Gasteiger partial charge on any atom is 0.0725 e. The van der Waals surface area contributed by atoms with Crippen LogP contribution < -0.4 is 4.90 Å². The smallest absolute Gasteiger partial charge is 0.0725 e. The second-order valence-corrected chi connectivity index (χ2v) is 23.6. The van der Waals surface area contributed by atoms with E-state index in [4.69, 9.17) is 0 Å². The van der Waals surface area contributed by atoms with Gasteiger partial charge >= 0.3 is 0 Å². The van der Waals surface area contributed by atoms with Crippen molar-refractivity contribution in [3.8, 4) is 55.6 Å². The van der Waals surface area contributed by atoms with Gasteiger partial charge in [0.05, 0.1) is 10.8 Å². The van der Waals surface area contributed by atoms with Gasteiger partial charge in [-0.1, -0.05) is 266 Å². The first-order valence-corrected chi connectivity index (χ1v) is 27.4. The third-order valence-corrected chi connectivity index (χ3v) is 17.3. The molecule has 11 aromatic carbocycles. The Morgan fingerprint density at radius 3 is 1.19 bits per heavy atom. The van der Waals surface area contributed by atoms with E-state index < -0.39 is 10.8 Å². The number of fused-ring (bicyclic) bond motifs is 13.